The molecule has 1 aliphatic heterocycles. The van der Waals surface area contributed by atoms with Gasteiger partial charge in [-0.15, -0.1) is 0 Å². The fraction of sp³-hybridized carbons (Fsp3) is 0.462. The lowest BCUT2D eigenvalue weighted by molar-refractivity contribution is -0.127. The first-order valence-corrected chi connectivity index (χ1v) is 5.70. The molecule has 1 heterocycles. The first-order chi connectivity index (χ1) is 8.53. The summed E-state index contributed by atoms with van der Waals surface area (Å²) in [7, 11) is 1.59. The van der Waals surface area contributed by atoms with E-state index >= 15 is 0 Å². The van der Waals surface area contributed by atoms with E-state index in [2.05, 4.69) is 0 Å². The Labute approximate surface area is 106 Å². The van der Waals surface area contributed by atoms with E-state index in [0.717, 1.165) is 0 Å². The smallest absolute Gasteiger partial charge is 0.349 e. The van der Waals surface area contributed by atoms with Crippen molar-refractivity contribution in [1.29, 1.82) is 0 Å². The molecular weight excluding hydrogens is 236 g/mol. The number of rotatable bonds is 4. The third-order valence-corrected chi connectivity index (χ3v) is 2.43. The summed E-state index contributed by atoms with van der Waals surface area (Å²) in [4.78, 5) is 11.9. The molecule has 1 aromatic rings. The van der Waals surface area contributed by atoms with Crippen LogP contribution in [0.3, 0.4) is 0 Å². The summed E-state index contributed by atoms with van der Waals surface area (Å²) in [5.74, 6) is -0.458. The molecule has 5 heteroatoms. The predicted octanol–water partition coefficient (Wildman–Crippen LogP) is 2.00. The van der Waals surface area contributed by atoms with Crippen molar-refractivity contribution in [3.05, 3.63) is 23.8 Å². The molecule has 2 rings (SSSR count). The highest BCUT2D eigenvalue weighted by Crippen LogP contribution is 2.36. The Morgan fingerprint density at radius 2 is 2.00 bits per heavy atom. The van der Waals surface area contributed by atoms with E-state index in [9.17, 15) is 4.79 Å². The van der Waals surface area contributed by atoms with E-state index in [4.69, 9.17) is 18.9 Å². The normalized spacial score (nSPS) is 16.5. The number of carbonyl (C=O) groups is 1. The van der Waals surface area contributed by atoms with Crippen molar-refractivity contribution in [1.82, 2.24) is 0 Å². The lowest BCUT2D eigenvalue weighted by Gasteiger charge is -2.32. The zero-order valence-electron chi connectivity index (χ0n) is 10.7. The van der Waals surface area contributed by atoms with Gasteiger partial charge in [0.15, 0.2) is 0 Å². The third-order valence-electron chi connectivity index (χ3n) is 2.43. The molecular formula is C13H16O5. The van der Waals surface area contributed by atoms with Crippen LogP contribution >= 0.6 is 0 Å². The van der Waals surface area contributed by atoms with Crippen LogP contribution in [0.1, 0.15) is 24.2 Å². The Hall–Kier alpha value is -1.75. The van der Waals surface area contributed by atoms with Crippen LogP contribution in [0.5, 0.6) is 11.5 Å². The molecule has 0 spiro atoms. The molecule has 0 atom stereocenters. The fourth-order valence-corrected chi connectivity index (χ4v) is 1.71. The predicted molar refractivity (Wildman–Crippen MR) is 63.9 cm³/mol. The first-order valence-electron chi connectivity index (χ1n) is 5.70. The van der Waals surface area contributed by atoms with Gasteiger partial charge in [-0.3, -0.25) is 0 Å². The number of fused-ring (bicyclic) bond motifs is 1. The van der Waals surface area contributed by atoms with Crippen molar-refractivity contribution < 1.29 is 23.7 Å². The van der Waals surface area contributed by atoms with E-state index in [-0.39, 0.29) is 0 Å². The van der Waals surface area contributed by atoms with Crippen molar-refractivity contribution in [2.24, 2.45) is 0 Å². The van der Waals surface area contributed by atoms with Crippen LogP contribution in [0.15, 0.2) is 18.2 Å². The Balaban J connectivity index is 2.27. The van der Waals surface area contributed by atoms with Crippen LogP contribution in [-0.2, 0) is 9.47 Å². The number of methoxy groups -OCH3 is 1. The van der Waals surface area contributed by atoms with Crippen molar-refractivity contribution in [3.8, 4) is 11.5 Å². The van der Waals surface area contributed by atoms with Gasteiger partial charge in [0, 0.05) is 21.0 Å². The number of hydrogen-bond acceptors (Lipinski definition) is 5. The monoisotopic (exact) mass is 252 g/mol. The van der Waals surface area contributed by atoms with Crippen LogP contribution in [0.2, 0.25) is 0 Å². The van der Waals surface area contributed by atoms with Crippen molar-refractivity contribution in [3.63, 3.8) is 0 Å². The number of carbonyl (C=O) groups excluding carboxylic acids is 1. The SMILES string of the molecule is COCCOc1cccc2c1C(=O)OC(C)(C)O2. The van der Waals surface area contributed by atoms with Crippen molar-refractivity contribution in [2.75, 3.05) is 20.3 Å². The highest BCUT2D eigenvalue weighted by molar-refractivity contribution is 5.96. The molecule has 0 radical (unpaired) electrons. The van der Waals surface area contributed by atoms with Gasteiger partial charge in [0.25, 0.3) is 0 Å². The molecule has 1 aliphatic rings. The van der Waals surface area contributed by atoms with Crippen LogP contribution in [0.4, 0.5) is 0 Å². The zero-order chi connectivity index (χ0) is 13.2. The van der Waals surface area contributed by atoms with E-state index in [1.165, 1.54) is 0 Å². The lowest BCUT2D eigenvalue weighted by Crippen LogP contribution is -2.39. The van der Waals surface area contributed by atoms with Crippen LogP contribution in [0.25, 0.3) is 0 Å². The standard InChI is InChI=1S/C13H16O5/c1-13(2)17-10-6-4-5-9(16-8-7-15-3)11(10)12(14)18-13/h4-6H,7-8H2,1-3H3. The van der Waals surface area contributed by atoms with Gasteiger partial charge >= 0.3 is 5.97 Å². The van der Waals surface area contributed by atoms with Crippen LogP contribution in [0, 0.1) is 0 Å². The minimum absolute atomic E-state index is 0.327. The number of benzene rings is 1. The Morgan fingerprint density at radius 3 is 2.72 bits per heavy atom. The fourth-order valence-electron chi connectivity index (χ4n) is 1.71. The molecule has 0 saturated carbocycles. The molecule has 0 N–H and O–H groups in total. The highest BCUT2D eigenvalue weighted by atomic mass is 16.7. The number of cyclic esters (lactones) is 1. The average molecular weight is 252 g/mol. The quantitative estimate of drug-likeness (QED) is 0.606. The minimum atomic E-state index is -0.949. The summed E-state index contributed by atoms with van der Waals surface area (Å²) in [5.41, 5.74) is 0.327. The highest BCUT2D eigenvalue weighted by Gasteiger charge is 2.35. The summed E-state index contributed by atoms with van der Waals surface area (Å²) in [6.07, 6.45) is 0. The molecule has 0 amide bonds. The van der Waals surface area contributed by atoms with Gasteiger partial charge in [-0.2, -0.15) is 0 Å². The van der Waals surface area contributed by atoms with Gasteiger partial charge in [0.05, 0.1) is 6.61 Å². The van der Waals surface area contributed by atoms with E-state index in [1.807, 2.05) is 0 Å². The number of esters is 1. The second kappa shape index (κ2) is 4.86. The molecule has 98 valence electrons. The van der Waals surface area contributed by atoms with Gasteiger partial charge in [-0.25, -0.2) is 4.79 Å². The van der Waals surface area contributed by atoms with Gasteiger partial charge in [0.1, 0.15) is 23.7 Å². The lowest BCUT2D eigenvalue weighted by atomic mass is 10.1. The molecule has 0 fully saturated rings. The number of ether oxygens (including phenoxy) is 4. The van der Waals surface area contributed by atoms with Gasteiger partial charge in [0.2, 0.25) is 5.79 Å². The summed E-state index contributed by atoms with van der Waals surface area (Å²) in [5, 5.41) is 0. The Kier molecular flexibility index (Phi) is 3.43. The van der Waals surface area contributed by atoms with Crippen LogP contribution in [-0.4, -0.2) is 32.1 Å². The third kappa shape index (κ3) is 2.56. The van der Waals surface area contributed by atoms with Crippen molar-refractivity contribution in [2.45, 2.75) is 19.6 Å². The second-order valence-corrected chi connectivity index (χ2v) is 4.36. The van der Waals surface area contributed by atoms with E-state index in [0.29, 0.717) is 30.3 Å². The first kappa shape index (κ1) is 12.7. The van der Waals surface area contributed by atoms with Gasteiger partial charge in [-0.05, 0) is 12.1 Å². The largest absolute Gasteiger partial charge is 0.490 e. The summed E-state index contributed by atoms with van der Waals surface area (Å²) < 4.78 is 21.1. The Bertz CT molecular complexity index is 453. The average Bonchev–Trinajstić information content (AvgIpc) is 2.27. The maximum Gasteiger partial charge on any atom is 0.349 e. The molecule has 1 aromatic carbocycles. The minimum Gasteiger partial charge on any atom is -0.490 e. The molecule has 0 aromatic heterocycles. The molecule has 0 unspecified atom stereocenters. The summed E-state index contributed by atoms with van der Waals surface area (Å²) in [6, 6.07) is 5.20. The zero-order valence-corrected chi connectivity index (χ0v) is 10.7. The van der Waals surface area contributed by atoms with E-state index < -0.39 is 11.8 Å². The molecule has 0 aliphatic carbocycles. The molecule has 5 nitrogen and oxygen atoms in total. The van der Waals surface area contributed by atoms with E-state index in [1.54, 1.807) is 39.2 Å². The van der Waals surface area contributed by atoms with Gasteiger partial charge in [-0.1, -0.05) is 6.07 Å². The second-order valence-electron chi connectivity index (χ2n) is 4.36. The van der Waals surface area contributed by atoms with Crippen LogP contribution < -0.4 is 9.47 Å². The molecule has 0 saturated heterocycles. The molecule has 18 heavy (non-hydrogen) atoms. The Morgan fingerprint density at radius 1 is 1.22 bits per heavy atom. The summed E-state index contributed by atoms with van der Waals surface area (Å²) >= 11 is 0. The van der Waals surface area contributed by atoms with Gasteiger partial charge < -0.3 is 18.9 Å². The molecule has 0 bridgehead atoms. The van der Waals surface area contributed by atoms with Crippen molar-refractivity contribution >= 4 is 5.97 Å². The summed E-state index contributed by atoms with van der Waals surface area (Å²) in [6.45, 7) is 4.19. The maximum absolute atomic E-state index is 11.9. The maximum atomic E-state index is 11.9. The topological polar surface area (TPSA) is 54.0 Å². The number of hydrogen-bond donors (Lipinski definition) is 0.